The number of piperazine rings is 1. The molecule has 6 heteroatoms. The van der Waals surface area contributed by atoms with E-state index in [2.05, 4.69) is 31.7 Å². The Balaban J connectivity index is 1.44. The minimum absolute atomic E-state index is 0.349. The minimum atomic E-state index is 0.349. The van der Waals surface area contributed by atoms with Crippen LogP contribution in [0.15, 0.2) is 12.5 Å². The number of morpholine rings is 1. The number of imidazole rings is 1. The number of nitrogens with one attached hydrogen (secondary N) is 1. The second kappa shape index (κ2) is 4.80. The summed E-state index contributed by atoms with van der Waals surface area (Å²) < 4.78 is 5.67. The Labute approximate surface area is 119 Å². The van der Waals surface area contributed by atoms with Crippen molar-refractivity contribution >= 4 is 0 Å². The highest BCUT2D eigenvalue weighted by Crippen LogP contribution is 2.35. The maximum Gasteiger partial charge on any atom is 0.0922 e. The third-order valence-electron chi connectivity index (χ3n) is 4.91. The number of ether oxygens (including phenoxy) is 1. The van der Waals surface area contributed by atoms with Crippen LogP contribution in [0.25, 0.3) is 0 Å². The van der Waals surface area contributed by atoms with Crippen LogP contribution < -0.4 is 0 Å². The molecule has 20 heavy (non-hydrogen) atoms. The zero-order chi connectivity index (χ0) is 13.6. The number of hydrogen-bond acceptors (Lipinski definition) is 5. The molecule has 3 aliphatic rings. The molecule has 3 fully saturated rings. The van der Waals surface area contributed by atoms with Gasteiger partial charge in [-0.05, 0) is 7.05 Å². The summed E-state index contributed by atoms with van der Waals surface area (Å²) in [5, 5.41) is 0. The summed E-state index contributed by atoms with van der Waals surface area (Å²) in [7, 11) is 2.24. The largest absolute Gasteiger partial charge is 0.378 e. The van der Waals surface area contributed by atoms with Gasteiger partial charge in [-0.3, -0.25) is 9.80 Å². The molecule has 0 radical (unpaired) electrons. The normalized spacial score (nSPS) is 31.1. The molecule has 1 aromatic heterocycles. The predicted molar refractivity (Wildman–Crippen MR) is 75.4 cm³/mol. The van der Waals surface area contributed by atoms with E-state index in [1.165, 1.54) is 12.2 Å². The summed E-state index contributed by atoms with van der Waals surface area (Å²) in [5.74, 6) is 0. The SMILES string of the molecule is CN1C[C@@H]2COCCN2C2(C1)CN(Cc1cnc[nH]1)C2. The van der Waals surface area contributed by atoms with Crippen molar-refractivity contribution in [2.45, 2.75) is 18.1 Å². The van der Waals surface area contributed by atoms with Crippen LogP contribution in [-0.2, 0) is 11.3 Å². The first-order chi connectivity index (χ1) is 9.75. The maximum absolute atomic E-state index is 5.67. The van der Waals surface area contributed by atoms with Crippen LogP contribution in [0, 0.1) is 0 Å². The Morgan fingerprint density at radius 2 is 2.35 bits per heavy atom. The molecule has 1 N–H and O–H groups in total. The number of hydrogen-bond donors (Lipinski definition) is 1. The first-order valence-electron chi connectivity index (χ1n) is 7.48. The Hall–Kier alpha value is -0.950. The van der Waals surface area contributed by atoms with Crippen LogP contribution in [0.2, 0.25) is 0 Å². The van der Waals surface area contributed by atoms with Gasteiger partial charge in [0.1, 0.15) is 0 Å². The van der Waals surface area contributed by atoms with Gasteiger partial charge in [0.2, 0.25) is 0 Å². The van der Waals surface area contributed by atoms with Crippen LogP contribution in [0.1, 0.15) is 5.69 Å². The summed E-state index contributed by atoms with van der Waals surface area (Å²) in [6.45, 7) is 8.51. The zero-order valence-electron chi connectivity index (χ0n) is 12.1. The lowest BCUT2D eigenvalue weighted by molar-refractivity contribution is -0.163. The molecule has 0 aromatic carbocycles. The van der Waals surface area contributed by atoms with Crippen molar-refractivity contribution in [3.8, 4) is 0 Å². The minimum Gasteiger partial charge on any atom is -0.378 e. The summed E-state index contributed by atoms with van der Waals surface area (Å²) >= 11 is 0. The van der Waals surface area contributed by atoms with E-state index < -0.39 is 0 Å². The number of H-pyrrole nitrogens is 1. The topological polar surface area (TPSA) is 47.6 Å². The van der Waals surface area contributed by atoms with Crippen LogP contribution in [0.5, 0.6) is 0 Å². The van der Waals surface area contributed by atoms with Gasteiger partial charge in [0, 0.05) is 57.2 Å². The van der Waals surface area contributed by atoms with Gasteiger partial charge in [-0.1, -0.05) is 0 Å². The first kappa shape index (κ1) is 12.8. The number of aromatic amines is 1. The average molecular weight is 277 g/mol. The van der Waals surface area contributed by atoms with Gasteiger partial charge >= 0.3 is 0 Å². The van der Waals surface area contributed by atoms with Gasteiger partial charge in [-0.25, -0.2) is 4.98 Å². The van der Waals surface area contributed by atoms with E-state index in [0.29, 0.717) is 11.6 Å². The highest BCUT2D eigenvalue weighted by Gasteiger charge is 2.53. The van der Waals surface area contributed by atoms with E-state index in [1.807, 2.05) is 6.20 Å². The molecule has 4 rings (SSSR count). The lowest BCUT2D eigenvalue weighted by Crippen LogP contribution is -2.80. The molecule has 4 heterocycles. The molecule has 0 bridgehead atoms. The quantitative estimate of drug-likeness (QED) is 0.798. The number of likely N-dealkylation sites (tertiary alicyclic amines) is 1. The molecule has 1 spiro atoms. The third-order valence-corrected chi connectivity index (χ3v) is 4.91. The number of likely N-dealkylation sites (N-methyl/N-ethyl adjacent to an activating group) is 1. The van der Waals surface area contributed by atoms with Crippen LogP contribution in [0.3, 0.4) is 0 Å². The van der Waals surface area contributed by atoms with E-state index >= 15 is 0 Å². The summed E-state index contributed by atoms with van der Waals surface area (Å²) in [4.78, 5) is 15.0. The number of fused-ring (bicyclic) bond motifs is 2. The molecule has 0 aliphatic carbocycles. The molecule has 3 saturated heterocycles. The van der Waals surface area contributed by atoms with Crippen molar-refractivity contribution < 1.29 is 4.74 Å². The average Bonchev–Trinajstić information content (AvgIpc) is 2.89. The Kier molecular flexibility index (Phi) is 3.07. The molecule has 6 nitrogen and oxygen atoms in total. The fourth-order valence-corrected chi connectivity index (χ4v) is 4.24. The highest BCUT2D eigenvalue weighted by molar-refractivity contribution is 5.12. The predicted octanol–water partition coefficient (Wildman–Crippen LogP) is -0.390. The van der Waals surface area contributed by atoms with E-state index in [9.17, 15) is 0 Å². The second-order valence-electron chi connectivity index (χ2n) is 6.57. The van der Waals surface area contributed by atoms with Crippen molar-refractivity contribution in [1.29, 1.82) is 0 Å². The van der Waals surface area contributed by atoms with Crippen molar-refractivity contribution in [3.63, 3.8) is 0 Å². The molecular weight excluding hydrogens is 254 g/mol. The van der Waals surface area contributed by atoms with Crippen LogP contribution in [0.4, 0.5) is 0 Å². The Bertz CT molecular complexity index is 456. The van der Waals surface area contributed by atoms with Gasteiger partial charge in [0.25, 0.3) is 0 Å². The van der Waals surface area contributed by atoms with Gasteiger partial charge in [-0.15, -0.1) is 0 Å². The fourth-order valence-electron chi connectivity index (χ4n) is 4.24. The number of aromatic nitrogens is 2. The van der Waals surface area contributed by atoms with Crippen molar-refractivity contribution in [2.75, 3.05) is 53.0 Å². The molecule has 0 amide bonds. The number of nitrogens with zero attached hydrogens (tertiary/aromatic N) is 4. The first-order valence-corrected chi connectivity index (χ1v) is 7.48. The second-order valence-corrected chi connectivity index (χ2v) is 6.57. The zero-order valence-corrected chi connectivity index (χ0v) is 12.1. The summed E-state index contributed by atoms with van der Waals surface area (Å²) in [5.41, 5.74) is 1.56. The van der Waals surface area contributed by atoms with Crippen molar-refractivity contribution in [3.05, 3.63) is 18.2 Å². The third kappa shape index (κ3) is 2.07. The highest BCUT2D eigenvalue weighted by atomic mass is 16.5. The smallest absolute Gasteiger partial charge is 0.0922 e. The van der Waals surface area contributed by atoms with E-state index in [4.69, 9.17) is 4.74 Å². The van der Waals surface area contributed by atoms with Crippen molar-refractivity contribution in [2.24, 2.45) is 0 Å². The number of rotatable bonds is 2. The van der Waals surface area contributed by atoms with Gasteiger partial charge in [0.05, 0.1) is 25.1 Å². The van der Waals surface area contributed by atoms with Gasteiger partial charge in [0.15, 0.2) is 0 Å². The lowest BCUT2D eigenvalue weighted by Gasteiger charge is -2.63. The van der Waals surface area contributed by atoms with Crippen molar-refractivity contribution in [1.82, 2.24) is 24.7 Å². The Morgan fingerprint density at radius 1 is 1.45 bits per heavy atom. The fraction of sp³-hybridized carbons (Fsp3) is 0.786. The van der Waals surface area contributed by atoms with E-state index in [-0.39, 0.29) is 0 Å². The molecule has 1 aromatic rings. The van der Waals surface area contributed by atoms with Crippen LogP contribution >= 0.6 is 0 Å². The maximum atomic E-state index is 5.67. The Morgan fingerprint density at radius 3 is 3.15 bits per heavy atom. The monoisotopic (exact) mass is 277 g/mol. The molecule has 3 aliphatic heterocycles. The van der Waals surface area contributed by atoms with Gasteiger partial charge in [-0.2, -0.15) is 0 Å². The van der Waals surface area contributed by atoms with E-state index in [1.54, 1.807) is 6.33 Å². The molecule has 0 saturated carbocycles. The lowest BCUT2D eigenvalue weighted by atomic mass is 9.82. The summed E-state index contributed by atoms with van der Waals surface area (Å²) in [6.07, 6.45) is 3.69. The molecular formula is C14H23N5O. The van der Waals surface area contributed by atoms with Crippen LogP contribution in [-0.4, -0.2) is 89.2 Å². The summed E-state index contributed by atoms with van der Waals surface area (Å²) in [6, 6.07) is 0.580. The standard InChI is InChI=1S/C14H23N5O/c1-17-6-13-7-20-3-2-19(13)14(8-17)9-18(10-14)5-12-4-15-11-16-12/h4,11,13H,2-3,5-10H2,1H3,(H,15,16)/t13-/m1/s1. The molecule has 110 valence electrons. The van der Waals surface area contributed by atoms with E-state index in [0.717, 1.165) is 45.9 Å². The molecule has 1 atom stereocenters. The van der Waals surface area contributed by atoms with Gasteiger partial charge < -0.3 is 14.6 Å². The molecule has 0 unspecified atom stereocenters.